The van der Waals surface area contributed by atoms with Crippen molar-refractivity contribution in [2.75, 3.05) is 32.7 Å². The molecule has 1 unspecified atom stereocenters. The fourth-order valence-corrected chi connectivity index (χ4v) is 4.23. The number of piperidine rings is 1. The molecule has 0 aliphatic carbocycles. The number of likely N-dealkylation sites (tertiary alicyclic amines) is 2. The predicted molar refractivity (Wildman–Crippen MR) is 98.2 cm³/mol. The van der Waals surface area contributed by atoms with Gasteiger partial charge in [0.15, 0.2) is 0 Å². The number of aliphatic hydroxyl groups is 1. The minimum Gasteiger partial charge on any atom is -0.388 e. The quantitative estimate of drug-likeness (QED) is 0.908. The van der Waals surface area contributed by atoms with Gasteiger partial charge in [-0.15, -0.1) is 0 Å². The van der Waals surface area contributed by atoms with Crippen molar-refractivity contribution in [3.05, 3.63) is 30.1 Å². The topological polar surface area (TPSA) is 56.7 Å². The van der Waals surface area contributed by atoms with Crippen LogP contribution in [0.15, 0.2) is 24.4 Å². The largest absolute Gasteiger partial charge is 0.388 e. The average molecular weight is 345 g/mol. The van der Waals surface area contributed by atoms with Gasteiger partial charge < -0.3 is 14.9 Å². The van der Waals surface area contributed by atoms with Gasteiger partial charge in [0.05, 0.1) is 5.60 Å². The normalized spacial score (nSPS) is 26.4. The Balaban J connectivity index is 1.46. The molecule has 3 rings (SSSR count). The summed E-state index contributed by atoms with van der Waals surface area (Å²) >= 11 is 0. The van der Waals surface area contributed by atoms with E-state index in [9.17, 15) is 9.90 Å². The third-order valence-electron chi connectivity index (χ3n) is 5.81. The first-order valence-electron chi connectivity index (χ1n) is 9.64. The Labute approximate surface area is 151 Å². The summed E-state index contributed by atoms with van der Waals surface area (Å²) in [4.78, 5) is 20.3. The lowest BCUT2D eigenvalue weighted by molar-refractivity contribution is -0.129. The van der Waals surface area contributed by atoms with E-state index < -0.39 is 5.60 Å². The zero-order chi connectivity index (χ0) is 17.7. The van der Waals surface area contributed by atoms with Crippen LogP contribution in [0.5, 0.6) is 0 Å². The van der Waals surface area contributed by atoms with Gasteiger partial charge in [0.1, 0.15) is 0 Å². The monoisotopic (exact) mass is 345 g/mol. The van der Waals surface area contributed by atoms with Crippen LogP contribution in [0.25, 0.3) is 0 Å². The Kier molecular flexibility index (Phi) is 6.07. The maximum Gasteiger partial charge on any atom is 0.219 e. The molecule has 0 saturated carbocycles. The Morgan fingerprint density at radius 3 is 2.72 bits per heavy atom. The zero-order valence-electron chi connectivity index (χ0n) is 15.4. The number of β-amino-alcohol motifs (C(OH)–C–C–N with tert-alkyl or cyclic N) is 1. The van der Waals surface area contributed by atoms with Crippen molar-refractivity contribution in [3.63, 3.8) is 0 Å². The van der Waals surface area contributed by atoms with Crippen molar-refractivity contribution >= 4 is 5.91 Å². The fraction of sp³-hybridized carbons (Fsp3) is 0.700. The Bertz CT molecular complexity index is 557. The molecule has 0 spiro atoms. The van der Waals surface area contributed by atoms with E-state index in [2.05, 4.69) is 22.0 Å². The highest BCUT2D eigenvalue weighted by Crippen LogP contribution is 2.27. The Morgan fingerprint density at radius 2 is 2.04 bits per heavy atom. The summed E-state index contributed by atoms with van der Waals surface area (Å²) in [7, 11) is 0. The predicted octanol–water partition coefficient (Wildman–Crippen LogP) is 2.10. The summed E-state index contributed by atoms with van der Waals surface area (Å²) < 4.78 is 0. The number of hydrogen-bond acceptors (Lipinski definition) is 4. The second-order valence-corrected chi connectivity index (χ2v) is 7.83. The molecule has 1 amide bonds. The van der Waals surface area contributed by atoms with E-state index in [0.29, 0.717) is 18.9 Å². The van der Waals surface area contributed by atoms with Crippen LogP contribution >= 0.6 is 0 Å². The van der Waals surface area contributed by atoms with Crippen LogP contribution < -0.4 is 0 Å². The lowest BCUT2D eigenvalue weighted by Gasteiger charge is -2.38. The Morgan fingerprint density at radius 1 is 1.24 bits per heavy atom. The molecule has 5 heteroatoms. The molecular formula is C20H31N3O2. The molecule has 138 valence electrons. The van der Waals surface area contributed by atoms with E-state index in [-0.39, 0.29) is 5.91 Å². The number of carbonyl (C=O) groups is 1. The van der Waals surface area contributed by atoms with Gasteiger partial charge in [-0.2, -0.15) is 0 Å². The minimum atomic E-state index is -0.641. The van der Waals surface area contributed by atoms with E-state index in [0.717, 1.165) is 45.4 Å². The van der Waals surface area contributed by atoms with Crippen LogP contribution in [0.3, 0.4) is 0 Å². The molecule has 2 saturated heterocycles. The maximum atomic E-state index is 11.6. The lowest BCUT2D eigenvalue weighted by atomic mass is 9.89. The highest BCUT2D eigenvalue weighted by molar-refractivity contribution is 5.73. The number of aromatic nitrogens is 1. The lowest BCUT2D eigenvalue weighted by Crippen LogP contribution is -2.47. The smallest absolute Gasteiger partial charge is 0.219 e. The standard InChI is InChI=1S/C20H31N3O2/c1-17(24)23-11-4-8-20(25,9-14-23)16-22-12-6-18(7-13-22)15-19-5-2-3-10-21-19/h2-3,5,10,18,25H,4,6-9,11-16H2,1H3. The summed E-state index contributed by atoms with van der Waals surface area (Å²) in [6, 6.07) is 6.14. The molecule has 2 aliphatic heterocycles. The molecule has 1 atom stereocenters. The van der Waals surface area contributed by atoms with Crippen LogP contribution in [0.4, 0.5) is 0 Å². The summed E-state index contributed by atoms with van der Waals surface area (Å²) in [5.74, 6) is 0.822. The van der Waals surface area contributed by atoms with Crippen LogP contribution in [-0.2, 0) is 11.2 Å². The van der Waals surface area contributed by atoms with Gasteiger partial charge in [0.2, 0.25) is 5.91 Å². The SMILES string of the molecule is CC(=O)N1CCCC(O)(CN2CCC(Cc3ccccn3)CC2)CC1. The fourth-order valence-electron chi connectivity index (χ4n) is 4.23. The molecule has 2 fully saturated rings. The van der Waals surface area contributed by atoms with Crippen molar-refractivity contribution in [2.24, 2.45) is 5.92 Å². The van der Waals surface area contributed by atoms with Crippen LogP contribution in [0, 0.1) is 5.92 Å². The molecule has 2 aliphatic rings. The summed E-state index contributed by atoms with van der Waals surface area (Å²) in [5, 5.41) is 11.0. The van der Waals surface area contributed by atoms with Crippen LogP contribution in [0.1, 0.15) is 44.7 Å². The highest BCUT2D eigenvalue weighted by atomic mass is 16.3. The maximum absolute atomic E-state index is 11.6. The molecule has 5 nitrogen and oxygen atoms in total. The van der Waals surface area contributed by atoms with Gasteiger partial charge in [-0.05, 0) is 69.7 Å². The molecular weight excluding hydrogens is 314 g/mol. The molecule has 3 heterocycles. The number of hydrogen-bond donors (Lipinski definition) is 1. The molecule has 0 radical (unpaired) electrons. The van der Waals surface area contributed by atoms with Gasteiger partial charge in [-0.3, -0.25) is 9.78 Å². The van der Waals surface area contributed by atoms with Gasteiger partial charge in [-0.25, -0.2) is 0 Å². The van der Waals surface area contributed by atoms with Gasteiger partial charge in [-0.1, -0.05) is 6.07 Å². The van der Waals surface area contributed by atoms with Crippen molar-refractivity contribution in [1.82, 2.24) is 14.8 Å². The summed E-state index contributed by atoms with van der Waals surface area (Å²) in [6.07, 6.45) is 7.67. The number of rotatable bonds is 4. The zero-order valence-corrected chi connectivity index (χ0v) is 15.4. The molecule has 0 bridgehead atoms. The second-order valence-electron chi connectivity index (χ2n) is 7.83. The second kappa shape index (κ2) is 8.28. The number of carbonyl (C=O) groups excluding carboxylic acids is 1. The van der Waals surface area contributed by atoms with Gasteiger partial charge in [0, 0.05) is 38.4 Å². The first kappa shape index (κ1) is 18.3. The van der Waals surface area contributed by atoms with E-state index in [1.54, 1.807) is 6.92 Å². The van der Waals surface area contributed by atoms with Crippen molar-refractivity contribution < 1.29 is 9.90 Å². The van der Waals surface area contributed by atoms with Crippen LogP contribution in [-0.4, -0.2) is 64.1 Å². The summed E-state index contributed by atoms with van der Waals surface area (Å²) in [6.45, 7) is 5.93. The van der Waals surface area contributed by atoms with E-state index in [4.69, 9.17) is 0 Å². The minimum absolute atomic E-state index is 0.125. The molecule has 1 aromatic heterocycles. The van der Waals surface area contributed by atoms with Gasteiger partial charge >= 0.3 is 0 Å². The highest BCUT2D eigenvalue weighted by Gasteiger charge is 2.33. The van der Waals surface area contributed by atoms with E-state index in [1.807, 2.05) is 17.2 Å². The summed E-state index contributed by atoms with van der Waals surface area (Å²) in [5.41, 5.74) is 0.547. The third-order valence-corrected chi connectivity index (χ3v) is 5.81. The Hall–Kier alpha value is -1.46. The van der Waals surface area contributed by atoms with Crippen molar-refractivity contribution in [3.8, 4) is 0 Å². The number of amides is 1. The van der Waals surface area contributed by atoms with E-state index >= 15 is 0 Å². The van der Waals surface area contributed by atoms with Crippen molar-refractivity contribution in [1.29, 1.82) is 0 Å². The number of nitrogens with zero attached hydrogens (tertiary/aromatic N) is 3. The first-order chi connectivity index (χ1) is 12.0. The van der Waals surface area contributed by atoms with Crippen LogP contribution in [0.2, 0.25) is 0 Å². The molecule has 1 aromatic rings. The molecule has 25 heavy (non-hydrogen) atoms. The van der Waals surface area contributed by atoms with Gasteiger partial charge in [0.25, 0.3) is 0 Å². The number of pyridine rings is 1. The first-order valence-corrected chi connectivity index (χ1v) is 9.64. The third kappa shape index (κ3) is 5.25. The molecule has 0 aromatic carbocycles. The molecule has 1 N–H and O–H groups in total. The van der Waals surface area contributed by atoms with Crippen molar-refractivity contribution in [2.45, 2.75) is 51.0 Å². The average Bonchev–Trinajstić information content (AvgIpc) is 2.80. The van der Waals surface area contributed by atoms with E-state index in [1.165, 1.54) is 18.5 Å².